The second-order valence-corrected chi connectivity index (χ2v) is 9.51. The number of nitrogens with zero attached hydrogens (tertiary/aromatic N) is 5. The van der Waals surface area contributed by atoms with E-state index in [9.17, 15) is 22.4 Å². The molecular formula is C24H21F4N5O2. The lowest BCUT2D eigenvalue weighted by atomic mass is 9.73. The standard InChI is InChI=1S/C24H21F4N5O2/c1-13-2-4-15(17(8-13)33-30-6-7-31-33)22(34)32-18(11-25)16-9-23(16)10-19(21(23)32)35-20-5-3-14(12-29-20)24(26,27)28/h2-8,12,16,18-19,21H,9-11H2,1H3. The Balaban J connectivity index is 1.30. The number of alkyl halides is 4. The molecule has 1 saturated heterocycles. The molecule has 1 amide bonds. The van der Waals surface area contributed by atoms with E-state index >= 15 is 0 Å². The number of aromatic nitrogens is 4. The van der Waals surface area contributed by atoms with Crippen molar-refractivity contribution in [1.29, 1.82) is 0 Å². The Morgan fingerprint density at radius 1 is 1.17 bits per heavy atom. The monoisotopic (exact) mass is 487 g/mol. The third kappa shape index (κ3) is 3.31. The summed E-state index contributed by atoms with van der Waals surface area (Å²) < 4.78 is 58.8. The van der Waals surface area contributed by atoms with E-state index in [1.54, 1.807) is 23.1 Å². The van der Waals surface area contributed by atoms with Gasteiger partial charge in [0.15, 0.2) is 0 Å². The molecule has 3 fully saturated rings. The van der Waals surface area contributed by atoms with E-state index < -0.39 is 30.6 Å². The fraction of sp³-hybridized carbons (Fsp3) is 0.417. The highest BCUT2D eigenvalue weighted by Crippen LogP contribution is 2.74. The highest BCUT2D eigenvalue weighted by Gasteiger charge is 2.79. The smallest absolute Gasteiger partial charge is 0.417 e. The number of pyridine rings is 1. The minimum absolute atomic E-state index is 0.0404. The van der Waals surface area contributed by atoms with Crippen molar-refractivity contribution in [2.45, 2.75) is 44.1 Å². The van der Waals surface area contributed by atoms with Gasteiger partial charge in [0.1, 0.15) is 12.8 Å². The van der Waals surface area contributed by atoms with Gasteiger partial charge >= 0.3 is 6.18 Å². The van der Waals surface area contributed by atoms with Gasteiger partial charge in [0.25, 0.3) is 5.91 Å². The van der Waals surface area contributed by atoms with E-state index in [0.29, 0.717) is 17.7 Å². The molecule has 0 N–H and O–H groups in total. The first-order chi connectivity index (χ1) is 16.7. The maximum Gasteiger partial charge on any atom is 0.417 e. The highest BCUT2D eigenvalue weighted by atomic mass is 19.4. The van der Waals surface area contributed by atoms with Gasteiger partial charge in [0, 0.05) is 17.7 Å². The van der Waals surface area contributed by atoms with Crippen LogP contribution in [0.1, 0.15) is 34.3 Å². The number of piperidine rings is 1. The molecule has 3 aliphatic rings. The van der Waals surface area contributed by atoms with E-state index in [1.807, 2.05) is 6.92 Å². The van der Waals surface area contributed by atoms with E-state index in [2.05, 4.69) is 15.2 Å². The molecule has 182 valence electrons. The van der Waals surface area contributed by atoms with Crippen molar-refractivity contribution < 1.29 is 27.1 Å². The summed E-state index contributed by atoms with van der Waals surface area (Å²) in [6.45, 7) is 1.21. The first-order valence-electron chi connectivity index (χ1n) is 11.3. The largest absolute Gasteiger partial charge is 0.472 e. The van der Waals surface area contributed by atoms with Crippen molar-refractivity contribution in [3.05, 3.63) is 65.6 Å². The van der Waals surface area contributed by atoms with Crippen LogP contribution in [0, 0.1) is 18.3 Å². The average Bonchev–Trinajstić information content (AvgIpc) is 3.23. The van der Waals surface area contributed by atoms with Crippen LogP contribution in [0.15, 0.2) is 48.9 Å². The van der Waals surface area contributed by atoms with Crippen LogP contribution in [0.5, 0.6) is 5.88 Å². The Morgan fingerprint density at radius 2 is 1.94 bits per heavy atom. The van der Waals surface area contributed by atoms with Gasteiger partial charge in [-0.25, -0.2) is 9.37 Å². The summed E-state index contributed by atoms with van der Waals surface area (Å²) in [6, 6.07) is 6.41. The fourth-order valence-electron chi connectivity index (χ4n) is 5.92. The zero-order valence-electron chi connectivity index (χ0n) is 18.6. The average molecular weight is 487 g/mol. The maximum atomic E-state index is 14.2. The van der Waals surface area contributed by atoms with Crippen LogP contribution < -0.4 is 4.74 Å². The van der Waals surface area contributed by atoms with Gasteiger partial charge in [0.05, 0.1) is 41.3 Å². The molecule has 3 aromatic rings. The molecule has 2 saturated carbocycles. The topological polar surface area (TPSA) is 73.1 Å². The van der Waals surface area contributed by atoms with Crippen molar-refractivity contribution in [2.75, 3.05) is 6.67 Å². The van der Waals surface area contributed by atoms with Crippen LogP contribution in [0.25, 0.3) is 5.69 Å². The molecule has 6 rings (SSSR count). The molecule has 0 radical (unpaired) electrons. The number of likely N-dealkylation sites (tertiary alicyclic amines) is 1. The number of benzene rings is 1. The summed E-state index contributed by atoms with van der Waals surface area (Å²) in [5.41, 5.74) is 0.674. The van der Waals surface area contributed by atoms with E-state index in [4.69, 9.17) is 4.74 Å². The Kier molecular flexibility index (Phi) is 4.71. The fourth-order valence-corrected chi connectivity index (χ4v) is 5.92. The number of halogens is 4. The van der Waals surface area contributed by atoms with Gasteiger partial charge in [0.2, 0.25) is 5.88 Å². The summed E-state index contributed by atoms with van der Waals surface area (Å²) >= 11 is 0. The lowest BCUT2D eigenvalue weighted by molar-refractivity contribution is -0.137. The third-order valence-corrected chi connectivity index (χ3v) is 7.57. The van der Waals surface area contributed by atoms with Crippen molar-refractivity contribution >= 4 is 5.91 Å². The van der Waals surface area contributed by atoms with E-state index in [0.717, 1.165) is 24.2 Å². The van der Waals surface area contributed by atoms with Crippen LogP contribution in [0.4, 0.5) is 17.6 Å². The van der Waals surface area contributed by atoms with Crippen molar-refractivity contribution in [3.8, 4) is 11.6 Å². The quantitative estimate of drug-likeness (QED) is 0.509. The van der Waals surface area contributed by atoms with E-state index in [-0.39, 0.29) is 29.2 Å². The van der Waals surface area contributed by atoms with Crippen molar-refractivity contribution in [2.24, 2.45) is 11.3 Å². The molecule has 3 heterocycles. The molecule has 5 atom stereocenters. The summed E-state index contributed by atoms with van der Waals surface area (Å²) in [7, 11) is 0. The Bertz CT molecular complexity index is 1280. The SMILES string of the molecule is Cc1ccc(C(=O)N2C(CF)C3CC34CC(Oc3ccc(C(F)(F)F)cn3)C24)c(-n2nccn2)c1. The third-order valence-electron chi connectivity index (χ3n) is 7.57. The van der Waals surface area contributed by atoms with Gasteiger partial charge in [-0.1, -0.05) is 6.07 Å². The van der Waals surface area contributed by atoms with Gasteiger partial charge in [-0.15, -0.1) is 0 Å². The molecule has 0 bridgehead atoms. The minimum Gasteiger partial charge on any atom is -0.472 e. The second kappa shape index (κ2) is 7.50. The predicted molar refractivity (Wildman–Crippen MR) is 115 cm³/mol. The molecule has 1 aromatic carbocycles. The minimum atomic E-state index is -4.49. The molecule has 35 heavy (non-hydrogen) atoms. The summed E-state index contributed by atoms with van der Waals surface area (Å²) in [5, 5.41) is 8.30. The lowest BCUT2D eigenvalue weighted by Gasteiger charge is -2.47. The first kappa shape index (κ1) is 22.0. The first-order valence-corrected chi connectivity index (χ1v) is 11.3. The molecule has 2 aromatic heterocycles. The number of rotatable bonds is 5. The van der Waals surface area contributed by atoms with Gasteiger partial charge in [-0.05, 0) is 49.4 Å². The molecule has 11 heteroatoms. The zero-order chi connectivity index (χ0) is 24.5. The summed E-state index contributed by atoms with van der Waals surface area (Å²) in [6.07, 6.45) is 0.167. The number of carbonyl (C=O) groups excluding carboxylic acids is 1. The van der Waals surface area contributed by atoms with Crippen LogP contribution >= 0.6 is 0 Å². The van der Waals surface area contributed by atoms with Gasteiger partial charge in [-0.2, -0.15) is 28.2 Å². The number of ether oxygens (including phenoxy) is 1. The van der Waals surface area contributed by atoms with Crippen LogP contribution in [-0.4, -0.2) is 55.6 Å². The Labute approximate surface area is 197 Å². The second-order valence-electron chi connectivity index (χ2n) is 9.51. The molecular weight excluding hydrogens is 466 g/mol. The predicted octanol–water partition coefficient (Wildman–Crippen LogP) is 4.01. The molecule has 1 spiro atoms. The van der Waals surface area contributed by atoms with Crippen LogP contribution in [-0.2, 0) is 6.18 Å². The highest BCUT2D eigenvalue weighted by molar-refractivity contribution is 5.99. The summed E-state index contributed by atoms with van der Waals surface area (Å²) in [4.78, 5) is 20.6. The van der Waals surface area contributed by atoms with Crippen molar-refractivity contribution in [3.63, 3.8) is 0 Å². The number of carbonyl (C=O) groups is 1. The molecule has 5 unspecified atom stereocenters. The van der Waals surface area contributed by atoms with Gasteiger partial charge in [-0.3, -0.25) is 4.79 Å². The Morgan fingerprint density at radius 3 is 2.60 bits per heavy atom. The Hall–Kier alpha value is -3.50. The number of hydrogen-bond donors (Lipinski definition) is 0. The normalized spacial score (nSPS) is 28.8. The van der Waals surface area contributed by atoms with Gasteiger partial charge < -0.3 is 9.64 Å². The number of aryl methyl sites for hydroxylation is 1. The van der Waals surface area contributed by atoms with Crippen molar-refractivity contribution in [1.82, 2.24) is 24.9 Å². The number of hydrogen-bond acceptors (Lipinski definition) is 5. The molecule has 7 nitrogen and oxygen atoms in total. The summed E-state index contributed by atoms with van der Waals surface area (Å²) in [5.74, 6) is -0.258. The number of amides is 1. The van der Waals surface area contributed by atoms with Crippen LogP contribution in [0.2, 0.25) is 0 Å². The van der Waals surface area contributed by atoms with E-state index in [1.165, 1.54) is 23.3 Å². The maximum absolute atomic E-state index is 14.2. The molecule has 2 aliphatic carbocycles. The lowest BCUT2D eigenvalue weighted by Crippen LogP contribution is -2.60. The zero-order valence-corrected chi connectivity index (χ0v) is 18.6. The molecule has 1 aliphatic heterocycles. The van der Waals surface area contributed by atoms with Crippen LogP contribution in [0.3, 0.4) is 0 Å².